The number of nitrogens with two attached hydrogens (primary N) is 1. The van der Waals surface area contributed by atoms with E-state index in [-0.39, 0.29) is 0 Å². The number of nitrogens with zero attached hydrogens (tertiary/aromatic N) is 2. The third-order valence-corrected chi connectivity index (χ3v) is 3.12. The van der Waals surface area contributed by atoms with E-state index in [1.54, 1.807) is 0 Å². The molecular formula is C15H21N5. The first-order valence-electron chi connectivity index (χ1n) is 6.84. The first kappa shape index (κ1) is 14.1. The van der Waals surface area contributed by atoms with Crippen LogP contribution in [0.4, 0.5) is 0 Å². The maximum absolute atomic E-state index is 5.81. The molecule has 0 amide bonds. The highest BCUT2D eigenvalue weighted by Gasteiger charge is 2.03. The largest absolute Gasteiger partial charge is 0.370 e. The summed E-state index contributed by atoms with van der Waals surface area (Å²) in [7, 11) is 0. The van der Waals surface area contributed by atoms with Gasteiger partial charge in [0.1, 0.15) is 12.4 Å². The number of hydrogen-bond acceptors (Lipinski definition) is 2. The molecule has 0 fully saturated rings. The summed E-state index contributed by atoms with van der Waals surface area (Å²) in [6, 6.07) is 10.4. The van der Waals surface area contributed by atoms with Crippen LogP contribution in [0.1, 0.15) is 26.1 Å². The van der Waals surface area contributed by atoms with E-state index in [0.29, 0.717) is 18.5 Å². The first-order chi connectivity index (χ1) is 9.69. The lowest BCUT2D eigenvalue weighted by atomic mass is 10.2. The number of H-pyrrole nitrogens is 1. The number of imidazole rings is 1. The van der Waals surface area contributed by atoms with Gasteiger partial charge in [0.25, 0.3) is 0 Å². The van der Waals surface area contributed by atoms with Crippen LogP contribution in [0.2, 0.25) is 0 Å². The fourth-order valence-electron chi connectivity index (χ4n) is 1.77. The maximum atomic E-state index is 5.81. The first-order valence-corrected chi connectivity index (χ1v) is 6.84. The van der Waals surface area contributed by atoms with Gasteiger partial charge in [-0.3, -0.25) is 0 Å². The Balaban J connectivity index is 1.98. The molecular weight excluding hydrogens is 250 g/mol. The molecule has 0 aliphatic rings. The number of rotatable bonds is 5. The Labute approximate surface area is 119 Å². The smallest absolute Gasteiger partial charge is 0.189 e. The van der Waals surface area contributed by atoms with Gasteiger partial charge in [-0.15, -0.1) is 0 Å². The van der Waals surface area contributed by atoms with Crippen molar-refractivity contribution >= 4 is 5.96 Å². The van der Waals surface area contributed by atoms with E-state index in [1.807, 2.05) is 36.5 Å². The van der Waals surface area contributed by atoms with Gasteiger partial charge in [0.15, 0.2) is 5.96 Å². The molecule has 5 heteroatoms. The molecule has 0 aliphatic heterocycles. The Morgan fingerprint density at radius 3 is 2.85 bits per heavy atom. The molecule has 0 radical (unpaired) electrons. The number of hydrogen-bond donors (Lipinski definition) is 3. The van der Waals surface area contributed by atoms with Gasteiger partial charge >= 0.3 is 0 Å². The molecule has 1 aromatic carbocycles. The molecule has 1 aromatic heterocycles. The lowest BCUT2D eigenvalue weighted by Gasteiger charge is -2.11. The summed E-state index contributed by atoms with van der Waals surface area (Å²) < 4.78 is 0. The van der Waals surface area contributed by atoms with E-state index >= 15 is 0 Å². The van der Waals surface area contributed by atoms with Crippen molar-refractivity contribution < 1.29 is 0 Å². The molecule has 2 rings (SSSR count). The number of aliphatic imine (C=N–C) groups is 1. The van der Waals surface area contributed by atoms with Crippen LogP contribution >= 0.6 is 0 Å². The van der Waals surface area contributed by atoms with Crippen molar-refractivity contribution in [2.45, 2.75) is 32.9 Å². The monoisotopic (exact) mass is 271 g/mol. The molecule has 4 N–H and O–H groups in total. The lowest BCUT2D eigenvalue weighted by molar-refractivity contribution is 0.636. The number of nitrogens with one attached hydrogen (secondary N) is 2. The van der Waals surface area contributed by atoms with Crippen LogP contribution < -0.4 is 11.1 Å². The van der Waals surface area contributed by atoms with Crippen molar-refractivity contribution in [3.8, 4) is 11.3 Å². The SMILES string of the molecule is CCC(C)NC(N)=NCc1ncc(-c2ccccc2)[nH]1. The average Bonchev–Trinajstić information content (AvgIpc) is 2.95. The molecule has 106 valence electrons. The average molecular weight is 271 g/mol. The van der Waals surface area contributed by atoms with Crippen LogP contribution in [0.3, 0.4) is 0 Å². The van der Waals surface area contributed by atoms with Gasteiger partial charge in [0, 0.05) is 6.04 Å². The highest BCUT2D eigenvalue weighted by atomic mass is 15.1. The van der Waals surface area contributed by atoms with Crippen molar-refractivity contribution in [1.29, 1.82) is 0 Å². The number of guanidine groups is 1. The standard InChI is InChI=1S/C15H21N5/c1-3-11(2)19-15(16)18-10-14-17-9-13(20-14)12-7-5-4-6-8-12/h4-9,11H,3,10H2,1-2H3,(H,17,20)(H3,16,18,19). The van der Waals surface area contributed by atoms with Crippen molar-refractivity contribution in [3.05, 3.63) is 42.4 Å². The molecule has 1 atom stereocenters. The molecule has 0 bridgehead atoms. The summed E-state index contributed by atoms with van der Waals surface area (Å²) in [4.78, 5) is 11.8. The predicted octanol–water partition coefficient (Wildman–Crippen LogP) is 2.28. The van der Waals surface area contributed by atoms with Crippen molar-refractivity contribution in [2.24, 2.45) is 10.7 Å². The van der Waals surface area contributed by atoms with E-state index in [2.05, 4.69) is 34.1 Å². The molecule has 0 aliphatic carbocycles. The van der Waals surface area contributed by atoms with E-state index in [1.165, 1.54) is 0 Å². The minimum Gasteiger partial charge on any atom is -0.370 e. The number of aromatic amines is 1. The second-order valence-electron chi connectivity index (χ2n) is 4.76. The lowest BCUT2D eigenvalue weighted by Crippen LogP contribution is -2.38. The number of benzene rings is 1. The summed E-state index contributed by atoms with van der Waals surface area (Å²) in [6.07, 6.45) is 2.83. The van der Waals surface area contributed by atoms with Crippen LogP contribution in [0.5, 0.6) is 0 Å². The topological polar surface area (TPSA) is 79.1 Å². The zero-order valence-electron chi connectivity index (χ0n) is 11.9. The summed E-state index contributed by atoms with van der Waals surface area (Å²) in [5, 5.41) is 3.12. The Bertz CT molecular complexity index is 559. The van der Waals surface area contributed by atoms with Crippen LogP contribution in [0.25, 0.3) is 11.3 Å². The van der Waals surface area contributed by atoms with Gasteiger partial charge in [-0.2, -0.15) is 0 Å². The maximum Gasteiger partial charge on any atom is 0.189 e. The van der Waals surface area contributed by atoms with E-state index < -0.39 is 0 Å². The fraction of sp³-hybridized carbons (Fsp3) is 0.333. The Morgan fingerprint density at radius 1 is 1.40 bits per heavy atom. The highest BCUT2D eigenvalue weighted by molar-refractivity contribution is 5.78. The minimum absolute atomic E-state index is 0.329. The zero-order valence-corrected chi connectivity index (χ0v) is 11.9. The predicted molar refractivity (Wildman–Crippen MR) is 82.2 cm³/mol. The Kier molecular flexibility index (Phi) is 4.76. The van der Waals surface area contributed by atoms with Crippen LogP contribution in [0, 0.1) is 0 Å². The quantitative estimate of drug-likeness (QED) is 0.576. The molecule has 1 heterocycles. The van der Waals surface area contributed by atoms with Gasteiger partial charge in [-0.25, -0.2) is 9.98 Å². The van der Waals surface area contributed by atoms with E-state index in [9.17, 15) is 0 Å². The van der Waals surface area contributed by atoms with Crippen molar-refractivity contribution in [2.75, 3.05) is 0 Å². The highest BCUT2D eigenvalue weighted by Crippen LogP contribution is 2.16. The third-order valence-electron chi connectivity index (χ3n) is 3.12. The Hall–Kier alpha value is -2.30. The van der Waals surface area contributed by atoms with Crippen LogP contribution in [-0.2, 0) is 6.54 Å². The third kappa shape index (κ3) is 3.85. The van der Waals surface area contributed by atoms with E-state index in [0.717, 1.165) is 23.5 Å². The van der Waals surface area contributed by atoms with Crippen molar-refractivity contribution in [1.82, 2.24) is 15.3 Å². The van der Waals surface area contributed by atoms with Crippen LogP contribution in [-0.4, -0.2) is 22.0 Å². The second kappa shape index (κ2) is 6.75. The summed E-state index contributed by atoms with van der Waals surface area (Å²) >= 11 is 0. The van der Waals surface area contributed by atoms with Crippen molar-refractivity contribution in [3.63, 3.8) is 0 Å². The van der Waals surface area contributed by atoms with Gasteiger partial charge in [-0.1, -0.05) is 37.3 Å². The molecule has 20 heavy (non-hydrogen) atoms. The fourth-order valence-corrected chi connectivity index (χ4v) is 1.77. The number of aromatic nitrogens is 2. The summed E-state index contributed by atoms with van der Waals surface area (Å²) in [5.74, 6) is 1.26. The van der Waals surface area contributed by atoms with E-state index in [4.69, 9.17) is 5.73 Å². The molecule has 1 unspecified atom stereocenters. The van der Waals surface area contributed by atoms with Gasteiger partial charge in [0.2, 0.25) is 0 Å². The molecule has 0 saturated heterocycles. The minimum atomic E-state index is 0.329. The van der Waals surface area contributed by atoms with Crippen LogP contribution in [0.15, 0.2) is 41.5 Å². The van der Waals surface area contributed by atoms with Gasteiger partial charge in [0.05, 0.1) is 11.9 Å². The Morgan fingerprint density at radius 2 is 2.15 bits per heavy atom. The molecule has 0 saturated carbocycles. The normalized spacial score (nSPS) is 13.2. The second-order valence-corrected chi connectivity index (χ2v) is 4.76. The van der Waals surface area contributed by atoms with Gasteiger partial charge < -0.3 is 16.0 Å². The molecule has 2 aromatic rings. The zero-order chi connectivity index (χ0) is 14.4. The summed E-state index contributed by atoms with van der Waals surface area (Å²) in [6.45, 7) is 4.62. The molecule has 0 spiro atoms. The summed E-state index contributed by atoms with van der Waals surface area (Å²) in [5.41, 5.74) is 7.92. The van der Waals surface area contributed by atoms with Gasteiger partial charge in [-0.05, 0) is 18.9 Å². The molecule has 5 nitrogen and oxygen atoms in total.